The second kappa shape index (κ2) is 7.76. The molecule has 4 rings (SSSR count). The summed E-state index contributed by atoms with van der Waals surface area (Å²) in [6, 6.07) is 15.6. The van der Waals surface area contributed by atoms with Crippen LogP contribution in [0.2, 0.25) is 0 Å². The summed E-state index contributed by atoms with van der Waals surface area (Å²) in [6.07, 6.45) is -1.22. The fourth-order valence-electron chi connectivity index (χ4n) is 3.28. The monoisotopic (exact) mass is 420 g/mol. The highest BCUT2D eigenvalue weighted by molar-refractivity contribution is 7.58. The number of rotatable bonds is 3. The molecule has 4 nitrogen and oxygen atoms in total. The normalized spacial score (nSPS) is 27.0. The van der Waals surface area contributed by atoms with E-state index in [1.165, 1.54) is 60.7 Å². The lowest BCUT2D eigenvalue weighted by Crippen LogP contribution is -2.25. The second-order valence-electron chi connectivity index (χ2n) is 6.65. The highest BCUT2D eigenvalue weighted by atomic mass is 31.2. The lowest BCUT2D eigenvalue weighted by Gasteiger charge is -2.39. The Morgan fingerprint density at radius 1 is 0.690 bits per heavy atom. The van der Waals surface area contributed by atoms with Crippen molar-refractivity contribution >= 4 is 7.37 Å². The van der Waals surface area contributed by atoms with Crippen LogP contribution >= 0.6 is 7.37 Å². The van der Waals surface area contributed by atoms with Crippen LogP contribution in [0, 0.1) is 17.5 Å². The van der Waals surface area contributed by atoms with E-state index in [-0.39, 0.29) is 16.7 Å². The number of benzene rings is 3. The highest BCUT2D eigenvalue weighted by Gasteiger charge is 2.50. The van der Waals surface area contributed by atoms with Crippen LogP contribution < -0.4 is 0 Å². The summed E-state index contributed by atoms with van der Waals surface area (Å²) >= 11 is 0. The van der Waals surface area contributed by atoms with E-state index in [0.717, 1.165) is 12.1 Å². The van der Waals surface area contributed by atoms with E-state index < -0.39 is 42.8 Å². The third-order valence-electron chi connectivity index (χ3n) is 4.57. The molecular weight excluding hydrogens is 404 g/mol. The van der Waals surface area contributed by atoms with Gasteiger partial charge in [0.25, 0.3) is 7.37 Å². The highest BCUT2D eigenvalue weighted by Crippen LogP contribution is 2.71. The van der Waals surface area contributed by atoms with Crippen LogP contribution in [0.1, 0.15) is 34.7 Å². The second-order valence-corrected chi connectivity index (χ2v) is 8.93. The first-order chi connectivity index (χ1) is 13.8. The topological polar surface area (TPSA) is 55.8 Å². The molecule has 1 saturated heterocycles. The van der Waals surface area contributed by atoms with Gasteiger partial charge in [0, 0.05) is 5.56 Å². The Hall–Kier alpha value is -2.44. The van der Waals surface area contributed by atoms with Crippen molar-refractivity contribution < 1.29 is 32.1 Å². The minimum atomic E-state index is -4.33. The van der Waals surface area contributed by atoms with Gasteiger partial charge in [-0.05, 0) is 47.5 Å². The molecule has 0 saturated carbocycles. The van der Waals surface area contributed by atoms with Gasteiger partial charge in [-0.15, -0.1) is 0 Å². The smallest absolute Gasteiger partial charge is 0.265 e. The first-order valence-corrected chi connectivity index (χ1v) is 10.5. The standard InChI is InChI=1S/C21H16F3O4P/c22-16-7-1-4-13(10-16)19-27-20(14-5-2-8-17(23)11-14)29(25,26)21(28-19)15-6-3-9-18(24)12-15/h1-12,19-21H,(H,25,26)/t19?,20-,21+. The van der Waals surface area contributed by atoms with Crippen molar-refractivity contribution in [2.45, 2.75) is 18.0 Å². The van der Waals surface area contributed by atoms with E-state index in [1.807, 2.05) is 0 Å². The van der Waals surface area contributed by atoms with Gasteiger partial charge in [0.1, 0.15) is 17.5 Å². The Bertz CT molecular complexity index is 1030. The maximum absolute atomic E-state index is 13.8. The zero-order valence-electron chi connectivity index (χ0n) is 14.9. The fourth-order valence-corrected chi connectivity index (χ4v) is 5.27. The molecule has 29 heavy (non-hydrogen) atoms. The summed E-state index contributed by atoms with van der Waals surface area (Å²) in [7, 11) is -4.33. The van der Waals surface area contributed by atoms with Gasteiger partial charge in [-0.25, -0.2) is 13.2 Å². The van der Waals surface area contributed by atoms with Gasteiger partial charge in [0.2, 0.25) is 0 Å². The van der Waals surface area contributed by atoms with Gasteiger partial charge in [0.05, 0.1) is 0 Å². The van der Waals surface area contributed by atoms with Crippen molar-refractivity contribution in [2.75, 3.05) is 0 Å². The lowest BCUT2D eigenvalue weighted by molar-refractivity contribution is -0.195. The van der Waals surface area contributed by atoms with Gasteiger partial charge in [-0.2, -0.15) is 0 Å². The van der Waals surface area contributed by atoms with E-state index in [9.17, 15) is 22.6 Å². The molecule has 0 radical (unpaired) electrons. The van der Waals surface area contributed by atoms with E-state index in [4.69, 9.17) is 9.47 Å². The van der Waals surface area contributed by atoms with Gasteiger partial charge in [0.15, 0.2) is 18.0 Å². The summed E-state index contributed by atoms with van der Waals surface area (Å²) in [5.74, 6) is -4.66. The largest absolute Gasteiger partial charge is 0.340 e. The molecule has 0 aliphatic carbocycles. The van der Waals surface area contributed by atoms with Crippen LogP contribution in [0.15, 0.2) is 72.8 Å². The summed E-state index contributed by atoms with van der Waals surface area (Å²) in [5.41, 5.74) is 0.524. The van der Waals surface area contributed by atoms with E-state index in [2.05, 4.69) is 0 Å². The first-order valence-electron chi connectivity index (χ1n) is 8.74. The Kier molecular flexibility index (Phi) is 5.32. The van der Waals surface area contributed by atoms with Crippen LogP contribution in [-0.2, 0) is 14.0 Å². The maximum atomic E-state index is 13.8. The maximum Gasteiger partial charge on any atom is 0.265 e. The molecule has 0 bridgehead atoms. The Balaban J connectivity index is 1.82. The molecule has 1 N–H and O–H groups in total. The van der Waals surface area contributed by atoms with Gasteiger partial charge >= 0.3 is 0 Å². The van der Waals surface area contributed by atoms with Crippen molar-refractivity contribution in [1.29, 1.82) is 0 Å². The Morgan fingerprint density at radius 2 is 1.07 bits per heavy atom. The molecule has 0 aromatic heterocycles. The average Bonchev–Trinajstić information content (AvgIpc) is 2.67. The molecule has 2 unspecified atom stereocenters. The molecule has 150 valence electrons. The van der Waals surface area contributed by atoms with E-state index in [1.54, 1.807) is 0 Å². The molecule has 3 aromatic carbocycles. The van der Waals surface area contributed by atoms with Crippen molar-refractivity contribution in [2.24, 2.45) is 0 Å². The van der Waals surface area contributed by atoms with Crippen molar-refractivity contribution in [3.05, 3.63) is 107 Å². The number of hydrogen-bond acceptors (Lipinski definition) is 3. The molecule has 0 spiro atoms. The van der Waals surface area contributed by atoms with Gasteiger partial charge < -0.3 is 14.4 Å². The summed E-state index contributed by atoms with van der Waals surface area (Å²) < 4.78 is 66.0. The minimum absolute atomic E-state index is 0.127. The number of hydrogen-bond donors (Lipinski definition) is 1. The first kappa shape index (κ1) is 19.9. The number of ether oxygens (including phenoxy) is 2. The van der Waals surface area contributed by atoms with Crippen LogP contribution in [0.25, 0.3) is 0 Å². The van der Waals surface area contributed by atoms with Gasteiger partial charge in [-0.3, -0.25) is 4.57 Å². The van der Waals surface area contributed by atoms with Crippen molar-refractivity contribution in [1.82, 2.24) is 0 Å². The summed E-state index contributed by atoms with van der Waals surface area (Å²) in [4.78, 5) is 10.9. The molecule has 8 heteroatoms. The lowest BCUT2D eigenvalue weighted by atomic mass is 10.2. The Morgan fingerprint density at radius 3 is 1.48 bits per heavy atom. The molecule has 1 aliphatic heterocycles. The number of halogens is 3. The van der Waals surface area contributed by atoms with Crippen LogP contribution in [0.5, 0.6) is 0 Å². The molecular formula is C21H16F3O4P. The molecule has 4 atom stereocenters. The zero-order chi connectivity index (χ0) is 20.6. The predicted octanol–water partition coefficient (Wildman–Crippen LogP) is 5.82. The predicted molar refractivity (Wildman–Crippen MR) is 99.4 cm³/mol. The van der Waals surface area contributed by atoms with Crippen LogP contribution in [-0.4, -0.2) is 4.89 Å². The van der Waals surface area contributed by atoms with Crippen LogP contribution in [0.3, 0.4) is 0 Å². The average molecular weight is 420 g/mol. The van der Waals surface area contributed by atoms with Crippen LogP contribution in [0.4, 0.5) is 13.2 Å². The zero-order valence-corrected chi connectivity index (χ0v) is 15.8. The van der Waals surface area contributed by atoms with E-state index >= 15 is 0 Å². The third-order valence-corrected chi connectivity index (χ3v) is 6.75. The molecule has 1 fully saturated rings. The van der Waals surface area contributed by atoms with Crippen molar-refractivity contribution in [3.8, 4) is 0 Å². The fraction of sp³-hybridized carbons (Fsp3) is 0.143. The molecule has 0 amide bonds. The SMILES string of the molecule is O=P1(O)[C@@H](c2cccc(F)c2)OC(c2cccc(F)c2)O[C@H]1c1cccc(F)c1. The molecule has 1 aliphatic rings. The van der Waals surface area contributed by atoms with E-state index in [0.29, 0.717) is 0 Å². The third kappa shape index (κ3) is 4.00. The Labute approximate surface area is 165 Å². The van der Waals surface area contributed by atoms with Gasteiger partial charge in [-0.1, -0.05) is 36.4 Å². The molecule has 3 aromatic rings. The summed E-state index contributed by atoms with van der Waals surface area (Å²) in [5, 5.41) is 0. The van der Waals surface area contributed by atoms with Crippen molar-refractivity contribution in [3.63, 3.8) is 0 Å². The quantitative estimate of drug-likeness (QED) is 0.543. The minimum Gasteiger partial charge on any atom is -0.340 e. The summed E-state index contributed by atoms with van der Waals surface area (Å²) in [6.45, 7) is 0. The molecule has 1 heterocycles.